The number of rotatable bonds is 4. The van der Waals surface area contributed by atoms with Crippen molar-refractivity contribution in [2.45, 2.75) is 10.1 Å². The summed E-state index contributed by atoms with van der Waals surface area (Å²) in [6.07, 6.45) is 1.80. The lowest BCUT2D eigenvalue weighted by atomic mass is 10.0. The maximum absolute atomic E-state index is 4.80. The van der Waals surface area contributed by atoms with Crippen molar-refractivity contribution in [3.05, 3.63) is 97.2 Å². The molecule has 120 valence electrons. The first-order valence-electron chi connectivity index (χ1n) is 8.10. The Bertz CT molecular complexity index is 969. The van der Waals surface area contributed by atoms with Crippen molar-refractivity contribution in [3.63, 3.8) is 0 Å². The molecule has 25 heavy (non-hydrogen) atoms. The SMILES string of the molecule is c1ccc(-c2cccc(-c3cccc(Sc4ccccn4)n3)c2)cc1. The number of hydrogen-bond donors (Lipinski definition) is 0. The number of pyridine rings is 2. The van der Waals surface area contributed by atoms with Gasteiger partial charge in [-0.1, -0.05) is 72.4 Å². The van der Waals surface area contributed by atoms with Crippen LogP contribution in [0.15, 0.2) is 107 Å². The zero-order chi connectivity index (χ0) is 16.9. The summed E-state index contributed by atoms with van der Waals surface area (Å²) in [6.45, 7) is 0. The Morgan fingerprint density at radius 2 is 1.28 bits per heavy atom. The number of hydrogen-bond acceptors (Lipinski definition) is 3. The lowest BCUT2D eigenvalue weighted by molar-refractivity contribution is 1.10. The highest BCUT2D eigenvalue weighted by molar-refractivity contribution is 7.99. The topological polar surface area (TPSA) is 25.8 Å². The fourth-order valence-corrected chi connectivity index (χ4v) is 3.40. The van der Waals surface area contributed by atoms with Crippen molar-refractivity contribution < 1.29 is 0 Å². The van der Waals surface area contributed by atoms with Crippen molar-refractivity contribution in [3.8, 4) is 22.4 Å². The first-order valence-corrected chi connectivity index (χ1v) is 8.92. The summed E-state index contributed by atoms with van der Waals surface area (Å²) in [6, 6.07) is 30.9. The zero-order valence-electron chi connectivity index (χ0n) is 13.5. The van der Waals surface area contributed by atoms with Crippen molar-refractivity contribution in [2.75, 3.05) is 0 Å². The van der Waals surface area contributed by atoms with Gasteiger partial charge in [0, 0.05) is 11.8 Å². The monoisotopic (exact) mass is 340 g/mol. The van der Waals surface area contributed by atoms with E-state index in [-0.39, 0.29) is 0 Å². The highest BCUT2D eigenvalue weighted by atomic mass is 32.2. The van der Waals surface area contributed by atoms with Gasteiger partial charge in [-0.25, -0.2) is 9.97 Å². The van der Waals surface area contributed by atoms with Crippen molar-refractivity contribution in [2.24, 2.45) is 0 Å². The third-order valence-electron chi connectivity index (χ3n) is 3.84. The molecule has 0 saturated carbocycles. The lowest BCUT2D eigenvalue weighted by Gasteiger charge is -2.07. The molecule has 0 radical (unpaired) electrons. The van der Waals surface area contributed by atoms with Crippen LogP contribution < -0.4 is 0 Å². The molecule has 2 aromatic heterocycles. The Balaban J connectivity index is 1.65. The molecule has 0 amide bonds. The smallest absolute Gasteiger partial charge is 0.103 e. The molecule has 0 N–H and O–H groups in total. The van der Waals surface area contributed by atoms with Crippen molar-refractivity contribution in [1.82, 2.24) is 9.97 Å². The Hall–Kier alpha value is -2.91. The van der Waals surface area contributed by atoms with E-state index in [1.165, 1.54) is 11.1 Å². The minimum absolute atomic E-state index is 0.946. The average molecular weight is 340 g/mol. The highest BCUT2D eigenvalue weighted by Crippen LogP contribution is 2.28. The van der Waals surface area contributed by atoms with Crippen LogP contribution in [0.1, 0.15) is 0 Å². The second kappa shape index (κ2) is 7.32. The van der Waals surface area contributed by atoms with E-state index in [1.54, 1.807) is 18.0 Å². The maximum atomic E-state index is 4.80. The van der Waals surface area contributed by atoms with Gasteiger partial charge >= 0.3 is 0 Å². The summed E-state index contributed by atoms with van der Waals surface area (Å²) in [7, 11) is 0. The first-order chi connectivity index (χ1) is 12.4. The van der Waals surface area contributed by atoms with Crippen LogP contribution in [0.2, 0.25) is 0 Å². The Morgan fingerprint density at radius 3 is 2.12 bits per heavy atom. The van der Waals surface area contributed by atoms with E-state index in [2.05, 4.69) is 53.5 Å². The second-order valence-electron chi connectivity index (χ2n) is 5.58. The quantitative estimate of drug-likeness (QED) is 0.458. The molecule has 2 nitrogen and oxygen atoms in total. The predicted molar refractivity (Wildman–Crippen MR) is 103 cm³/mol. The normalized spacial score (nSPS) is 10.6. The molecule has 3 heteroatoms. The lowest BCUT2D eigenvalue weighted by Crippen LogP contribution is -1.87. The van der Waals surface area contributed by atoms with Crippen LogP contribution in [-0.4, -0.2) is 9.97 Å². The van der Waals surface area contributed by atoms with E-state index < -0.39 is 0 Å². The van der Waals surface area contributed by atoms with E-state index in [4.69, 9.17) is 4.98 Å². The molecule has 0 aliphatic carbocycles. The van der Waals surface area contributed by atoms with Gasteiger partial charge in [-0.05, 0) is 41.5 Å². The van der Waals surface area contributed by atoms with Gasteiger partial charge in [0.25, 0.3) is 0 Å². The molecule has 0 bridgehead atoms. The molecule has 0 spiro atoms. The van der Waals surface area contributed by atoms with E-state index in [0.717, 1.165) is 21.3 Å². The number of aromatic nitrogens is 2. The van der Waals surface area contributed by atoms with Crippen LogP contribution in [-0.2, 0) is 0 Å². The molecule has 0 aliphatic heterocycles. The summed E-state index contributed by atoms with van der Waals surface area (Å²) < 4.78 is 0. The van der Waals surface area contributed by atoms with Crippen molar-refractivity contribution in [1.29, 1.82) is 0 Å². The van der Waals surface area contributed by atoms with Gasteiger partial charge in [0.15, 0.2) is 0 Å². The molecular weight excluding hydrogens is 324 g/mol. The summed E-state index contributed by atoms with van der Waals surface area (Å²) in [5.41, 5.74) is 4.49. The fourth-order valence-electron chi connectivity index (χ4n) is 2.64. The molecular formula is C22H16N2S. The van der Waals surface area contributed by atoms with Gasteiger partial charge in [0.05, 0.1) is 5.69 Å². The average Bonchev–Trinajstić information content (AvgIpc) is 2.70. The van der Waals surface area contributed by atoms with Crippen LogP contribution in [0.3, 0.4) is 0 Å². The second-order valence-corrected chi connectivity index (χ2v) is 6.62. The maximum Gasteiger partial charge on any atom is 0.103 e. The summed E-state index contributed by atoms with van der Waals surface area (Å²) in [5.74, 6) is 0. The summed E-state index contributed by atoms with van der Waals surface area (Å²) in [5, 5.41) is 1.89. The standard InChI is InChI=1S/C22H16N2S/c1-2-8-17(9-3-1)18-10-6-11-19(16-18)20-12-7-14-22(24-20)25-21-13-4-5-15-23-21/h1-16H. The van der Waals surface area contributed by atoms with Crippen LogP contribution in [0.4, 0.5) is 0 Å². The largest absolute Gasteiger partial charge is 0.250 e. The third kappa shape index (κ3) is 3.78. The van der Waals surface area contributed by atoms with Crippen LogP contribution in [0.25, 0.3) is 22.4 Å². The van der Waals surface area contributed by atoms with Crippen molar-refractivity contribution >= 4 is 11.8 Å². The van der Waals surface area contributed by atoms with Crippen LogP contribution in [0.5, 0.6) is 0 Å². The molecule has 4 aromatic rings. The minimum Gasteiger partial charge on any atom is -0.250 e. The summed E-state index contributed by atoms with van der Waals surface area (Å²) in [4.78, 5) is 9.15. The van der Waals surface area contributed by atoms with Gasteiger partial charge in [-0.2, -0.15) is 0 Å². The minimum atomic E-state index is 0.946. The predicted octanol–water partition coefficient (Wildman–Crippen LogP) is 5.96. The molecule has 0 aliphatic rings. The Morgan fingerprint density at radius 1 is 0.560 bits per heavy atom. The molecule has 0 unspecified atom stereocenters. The van der Waals surface area contributed by atoms with E-state index >= 15 is 0 Å². The molecule has 2 aromatic carbocycles. The number of benzene rings is 2. The van der Waals surface area contributed by atoms with Gasteiger partial charge in [0.1, 0.15) is 10.1 Å². The third-order valence-corrected chi connectivity index (χ3v) is 4.72. The molecule has 4 rings (SSSR count). The van der Waals surface area contributed by atoms with Gasteiger partial charge in [0.2, 0.25) is 0 Å². The number of nitrogens with zero attached hydrogens (tertiary/aromatic N) is 2. The van der Waals surface area contributed by atoms with Crippen LogP contribution in [0, 0.1) is 0 Å². The molecule has 2 heterocycles. The molecule has 0 fully saturated rings. The zero-order valence-corrected chi connectivity index (χ0v) is 14.4. The Kier molecular flexibility index (Phi) is 4.57. The highest BCUT2D eigenvalue weighted by Gasteiger charge is 2.05. The van der Waals surface area contributed by atoms with E-state index in [0.29, 0.717) is 0 Å². The van der Waals surface area contributed by atoms with E-state index in [1.807, 2.05) is 42.5 Å². The van der Waals surface area contributed by atoms with Gasteiger partial charge < -0.3 is 0 Å². The molecule has 0 atom stereocenters. The first kappa shape index (κ1) is 15.6. The van der Waals surface area contributed by atoms with Crippen LogP contribution >= 0.6 is 11.8 Å². The van der Waals surface area contributed by atoms with E-state index in [9.17, 15) is 0 Å². The molecule has 0 saturated heterocycles. The fraction of sp³-hybridized carbons (Fsp3) is 0. The van der Waals surface area contributed by atoms with Gasteiger partial charge in [-0.15, -0.1) is 0 Å². The Labute approximate surface area is 151 Å². The van der Waals surface area contributed by atoms with Gasteiger partial charge in [-0.3, -0.25) is 0 Å². The summed E-state index contributed by atoms with van der Waals surface area (Å²) >= 11 is 1.57.